The van der Waals surface area contributed by atoms with Gasteiger partial charge in [-0.2, -0.15) is 0 Å². The molecule has 0 bridgehead atoms. The van der Waals surface area contributed by atoms with Crippen LogP contribution < -0.4 is 0 Å². The topological polar surface area (TPSA) is 51.7 Å². The Labute approximate surface area is 149 Å². The van der Waals surface area contributed by atoms with E-state index in [0.29, 0.717) is 11.6 Å². The normalized spacial score (nSPS) is 25.9. The summed E-state index contributed by atoms with van der Waals surface area (Å²) in [7, 11) is 0. The minimum Gasteiger partial charge on any atom is -0.381 e. The first-order valence-electron chi connectivity index (χ1n) is 9.63. The number of pyridine rings is 1. The van der Waals surface area contributed by atoms with Crippen molar-refractivity contribution in [2.45, 2.75) is 32.1 Å². The first kappa shape index (κ1) is 17.0. The molecule has 1 aliphatic carbocycles. The van der Waals surface area contributed by atoms with Crippen molar-refractivity contribution in [3.8, 4) is 0 Å². The van der Waals surface area contributed by atoms with Gasteiger partial charge in [0.05, 0.1) is 13.2 Å². The van der Waals surface area contributed by atoms with Crippen LogP contribution in [-0.2, 0) is 9.47 Å². The second-order valence-corrected chi connectivity index (χ2v) is 7.87. The summed E-state index contributed by atoms with van der Waals surface area (Å²) in [5.74, 6) is 1.33. The Kier molecular flexibility index (Phi) is 5.04. The molecule has 3 aliphatic rings. The van der Waals surface area contributed by atoms with E-state index in [9.17, 15) is 4.79 Å². The molecule has 1 aromatic rings. The Morgan fingerprint density at radius 1 is 1.24 bits per heavy atom. The first-order chi connectivity index (χ1) is 12.3. The van der Waals surface area contributed by atoms with Gasteiger partial charge < -0.3 is 14.4 Å². The van der Waals surface area contributed by atoms with Gasteiger partial charge in [-0.1, -0.05) is 6.07 Å². The maximum Gasteiger partial charge on any atom is 0.272 e. The van der Waals surface area contributed by atoms with Gasteiger partial charge in [0.2, 0.25) is 0 Å². The average Bonchev–Trinajstić information content (AvgIpc) is 3.49. The molecule has 1 atom stereocenters. The molecule has 0 N–H and O–H groups in total. The molecule has 3 heterocycles. The van der Waals surface area contributed by atoms with E-state index in [2.05, 4.69) is 4.98 Å². The molecular weight excluding hydrogens is 316 g/mol. The number of carbonyl (C=O) groups is 1. The third kappa shape index (κ3) is 3.87. The Morgan fingerprint density at radius 2 is 2.08 bits per heavy atom. The standard InChI is InChI=1S/C20H28N2O3/c23-19(18-3-1-2-9-21-18)22-10-6-20(7-11-22)8-12-24-14-17(20)15-25-13-16-4-5-16/h1-3,9,16-17H,4-8,10-15H2/t17-/m0/s1. The molecular formula is C20H28N2O3. The second kappa shape index (κ2) is 7.42. The van der Waals surface area contributed by atoms with E-state index < -0.39 is 0 Å². The van der Waals surface area contributed by atoms with E-state index in [1.165, 1.54) is 12.8 Å². The number of hydrogen-bond acceptors (Lipinski definition) is 4. The fourth-order valence-electron chi connectivity index (χ4n) is 4.23. The quantitative estimate of drug-likeness (QED) is 0.824. The summed E-state index contributed by atoms with van der Waals surface area (Å²) in [6.45, 7) is 5.00. The number of aromatic nitrogens is 1. The molecule has 4 rings (SSSR count). The predicted molar refractivity (Wildman–Crippen MR) is 94.3 cm³/mol. The molecule has 0 aromatic carbocycles. The van der Waals surface area contributed by atoms with Crippen molar-refractivity contribution in [2.75, 3.05) is 39.5 Å². The Hall–Kier alpha value is -1.46. The molecule has 1 saturated carbocycles. The minimum atomic E-state index is 0.0593. The number of carbonyl (C=O) groups excluding carboxylic acids is 1. The van der Waals surface area contributed by atoms with E-state index in [4.69, 9.17) is 9.47 Å². The lowest BCUT2D eigenvalue weighted by Gasteiger charge is -2.49. The Bertz CT molecular complexity index is 580. The lowest BCUT2D eigenvalue weighted by Crippen LogP contribution is -2.50. The van der Waals surface area contributed by atoms with Gasteiger partial charge in [-0.25, -0.2) is 0 Å². The summed E-state index contributed by atoms with van der Waals surface area (Å²) in [5.41, 5.74) is 0.831. The van der Waals surface area contributed by atoms with Crippen molar-refractivity contribution in [3.05, 3.63) is 30.1 Å². The lowest BCUT2D eigenvalue weighted by molar-refractivity contribution is -0.0976. The number of rotatable bonds is 5. The highest BCUT2D eigenvalue weighted by molar-refractivity contribution is 5.92. The van der Waals surface area contributed by atoms with Gasteiger partial charge in [-0.3, -0.25) is 9.78 Å². The highest BCUT2D eigenvalue weighted by atomic mass is 16.5. The van der Waals surface area contributed by atoms with Crippen LogP contribution in [0, 0.1) is 17.3 Å². The molecule has 2 aliphatic heterocycles. The van der Waals surface area contributed by atoms with E-state index >= 15 is 0 Å². The molecule has 0 radical (unpaired) electrons. The summed E-state index contributed by atoms with van der Waals surface area (Å²) in [6, 6.07) is 5.52. The molecule has 5 heteroatoms. The van der Waals surface area contributed by atoms with Crippen LogP contribution in [0.2, 0.25) is 0 Å². The maximum absolute atomic E-state index is 12.6. The van der Waals surface area contributed by atoms with E-state index in [-0.39, 0.29) is 11.3 Å². The van der Waals surface area contributed by atoms with Crippen LogP contribution in [0.4, 0.5) is 0 Å². The Morgan fingerprint density at radius 3 is 2.80 bits per heavy atom. The van der Waals surface area contributed by atoms with Crippen molar-refractivity contribution < 1.29 is 14.3 Å². The van der Waals surface area contributed by atoms with Crippen LogP contribution >= 0.6 is 0 Å². The number of amides is 1. The molecule has 25 heavy (non-hydrogen) atoms. The van der Waals surface area contributed by atoms with Crippen LogP contribution in [-0.4, -0.2) is 55.3 Å². The van der Waals surface area contributed by atoms with Crippen LogP contribution in [0.5, 0.6) is 0 Å². The number of hydrogen-bond donors (Lipinski definition) is 0. The number of piperidine rings is 1. The van der Waals surface area contributed by atoms with Gasteiger partial charge in [0.25, 0.3) is 5.91 Å². The summed E-state index contributed by atoms with van der Waals surface area (Å²) in [6.07, 6.45) is 7.53. The zero-order valence-corrected chi connectivity index (χ0v) is 14.9. The predicted octanol–water partition coefficient (Wildman–Crippen LogP) is 2.77. The minimum absolute atomic E-state index is 0.0593. The van der Waals surface area contributed by atoms with Crippen molar-refractivity contribution >= 4 is 5.91 Å². The third-order valence-electron chi connectivity index (χ3n) is 6.23. The van der Waals surface area contributed by atoms with Crippen LogP contribution in [0.1, 0.15) is 42.6 Å². The summed E-state index contributed by atoms with van der Waals surface area (Å²) in [5, 5.41) is 0. The smallest absolute Gasteiger partial charge is 0.272 e. The number of likely N-dealkylation sites (tertiary alicyclic amines) is 1. The maximum atomic E-state index is 12.6. The van der Waals surface area contributed by atoms with Gasteiger partial charge in [-0.15, -0.1) is 0 Å². The highest BCUT2D eigenvalue weighted by Gasteiger charge is 2.44. The SMILES string of the molecule is O=C(c1ccccn1)N1CCC2(CCOC[C@H]2COCC2CC2)CC1. The molecule has 3 fully saturated rings. The summed E-state index contributed by atoms with van der Waals surface area (Å²) >= 11 is 0. The third-order valence-corrected chi connectivity index (χ3v) is 6.23. The zero-order valence-electron chi connectivity index (χ0n) is 14.9. The molecule has 136 valence electrons. The van der Waals surface area contributed by atoms with Gasteiger partial charge >= 0.3 is 0 Å². The number of ether oxygens (including phenoxy) is 2. The van der Waals surface area contributed by atoms with E-state index in [1.807, 2.05) is 17.0 Å². The van der Waals surface area contributed by atoms with Crippen molar-refractivity contribution in [3.63, 3.8) is 0 Å². The van der Waals surface area contributed by atoms with E-state index in [0.717, 1.165) is 64.7 Å². The number of nitrogens with zero attached hydrogens (tertiary/aromatic N) is 2. The van der Waals surface area contributed by atoms with Crippen molar-refractivity contribution in [1.82, 2.24) is 9.88 Å². The van der Waals surface area contributed by atoms with Gasteiger partial charge in [0, 0.05) is 38.4 Å². The fourth-order valence-corrected chi connectivity index (χ4v) is 4.23. The van der Waals surface area contributed by atoms with Crippen molar-refractivity contribution in [1.29, 1.82) is 0 Å². The van der Waals surface area contributed by atoms with Crippen LogP contribution in [0.25, 0.3) is 0 Å². The largest absolute Gasteiger partial charge is 0.381 e. The monoisotopic (exact) mass is 344 g/mol. The second-order valence-electron chi connectivity index (χ2n) is 7.87. The average molecular weight is 344 g/mol. The Balaban J connectivity index is 1.35. The molecule has 2 saturated heterocycles. The van der Waals surface area contributed by atoms with Crippen LogP contribution in [0.3, 0.4) is 0 Å². The lowest BCUT2D eigenvalue weighted by atomic mass is 9.66. The molecule has 1 aromatic heterocycles. The molecule has 1 spiro atoms. The van der Waals surface area contributed by atoms with E-state index in [1.54, 1.807) is 12.3 Å². The zero-order chi connectivity index (χ0) is 17.1. The first-order valence-corrected chi connectivity index (χ1v) is 9.63. The highest BCUT2D eigenvalue weighted by Crippen LogP contribution is 2.45. The van der Waals surface area contributed by atoms with Gasteiger partial charge in [0.15, 0.2) is 0 Å². The molecule has 5 nitrogen and oxygen atoms in total. The summed E-state index contributed by atoms with van der Waals surface area (Å²) < 4.78 is 11.8. The van der Waals surface area contributed by atoms with Gasteiger partial charge in [-0.05, 0) is 55.6 Å². The summed E-state index contributed by atoms with van der Waals surface area (Å²) in [4.78, 5) is 18.8. The van der Waals surface area contributed by atoms with Crippen LogP contribution in [0.15, 0.2) is 24.4 Å². The molecule has 1 amide bonds. The van der Waals surface area contributed by atoms with Crippen molar-refractivity contribution in [2.24, 2.45) is 17.3 Å². The molecule has 0 unspecified atom stereocenters. The van der Waals surface area contributed by atoms with Gasteiger partial charge in [0.1, 0.15) is 5.69 Å². The fraction of sp³-hybridized carbons (Fsp3) is 0.700.